The van der Waals surface area contributed by atoms with E-state index in [1.807, 2.05) is 12.3 Å². The van der Waals surface area contributed by atoms with Crippen molar-refractivity contribution in [3.63, 3.8) is 0 Å². The molecule has 0 spiro atoms. The van der Waals surface area contributed by atoms with Crippen molar-refractivity contribution in [1.82, 2.24) is 19.9 Å². The van der Waals surface area contributed by atoms with Gasteiger partial charge in [0.1, 0.15) is 12.1 Å². The van der Waals surface area contributed by atoms with Gasteiger partial charge in [-0.15, -0.1) is 0 Å². The van der Waals surface area contributed by atoms with E-state index < -0.39 is 0 Å². The maximum absolute atomic E-state index is 4.52. The van der Waals surface area contributed by atoms with E-state index in [4.69, 9.17) is 0 Å². The third kappa shape index (κ3) is 3.25. The Morgan fingerprint density at radius 3 is 2.77 bits per heavy atom. The molecule has 0 fully saturated rings. The van der Waals surface area contributed by atoms with Crippen LogP contribution >= 0.6 is 0 Å². The first kappa shape index (κ1) is 14.9. The molecule has 0 amide bonds. The molecule has 3 rings (SSSR count). The number of fused-ring (bicyclic) bond motifs is 1. The molecule has 3 heterocycles. The van der Waals surface area contributed by atoms with Gasteiger partial charge in [0.2, 0.25) is 0 Å². The molecule has 0 saturated heterocycles. The van der Waals surface area contributed by atoms with Gasteiger partial charge in [0, 0.05) is 51.4 Å². The highest BCUT2D eigenvalue weighted by Gasteiger charge is 2.20. The molecule has 0 radical (unpaired) electrons. The van der Waals surface area contributed by atoms with Crippen LogP contribution in [0, 0.1) is 0 Å². The zero-order valence-corrected chi connectivity index (χ0v) is 13.4. The van der Waals surface area contributed by atoms with Crippen LogP contribution in [0.25, 0.3) is 0 Å². The lowest BCUT2D eigenvalue weighted by molar-refractivity contribution is 0.275. The summed E-state index contributed by atoms with van der Waals surface area (Å²) in [5.74, 6) is 1.09. The van der Waals surface area contributed by atoms with E-state index in [2.05, 4.69) is 50.9 Å². The Balaban J connectivity index is 1.75. The van der Waals surface area contributed by atoms with E-state index in [9.17, 15) is 0 Å². The second-order valence-electron chi connectivity index (χ2n) is 5.73. The molecular formula is C17H23N5. The fraction of sp³-hybridized carbons (Fsp3) is 0.471. The lowest BCUT2D eigenvalue weighted by atomic mass is 10.1. The van der Waals surface area contributed by atoms with Crippen LogP contribution in [-0.2, 0) is 19.4 Å². The van der Waals surface area contributed by atoms with Crippen LogP contribution in [0.5, 0.6) is 0 Å². The monoisotopic (exact) mass is 297 g/mol. The number of pyridine rings is 1. The smallest absolute Gasteiger partial charge is 0.135 e. The molecule has 0 bridgehead atoms. The number of anilines is 1. The van der Waals surface area contributed by atoms with Crippen molar-refractivity contribution in [3.05, 3.63) is 47.7 Å². The largest absolute Gasteiger partial charge is 0.360 e. The summed E-state index contributed by atoms with van der Waals surface area (Å²) >= 11 is 0. The Kier molecular flexibility index (Phi) is 4.63. The van der Waals surface area contributed by atoms with E-state index in [-0.39, 0.29) is 0 Å². The molecule has 22 heavy (non-hydrogen) atoms. The predicted molar refractivity (Wildman–Crippen MR) is 87.9 cm³/mol. The van der Waals surface area contributed by atoms with Crippen LogP contribution in [0.3, 0.4) is 0 Å². The van der Waals surface area contributed by atoms with Crippen LogP contribution in [0.2, 0.25) is 0 Å². The normalized spacial score (nSPS) is 15.2. The molecule has 2 aromatic heterocycles. The van der Waals surface area contributed by atoms with Gasteiger partial charge in [-0.25, -0.2) is 9.97 Å². The second-order valence-corrected chi connectivity index (χ2v) is 5.73. The molecule has 0 unspecified atom stereocenters. The quantitative estimate of drug-likeness (QED) is 0.863. The average Bonchev–Trinajstić information content (AvgIpc) is 2.77. The third-order valence-electron chi connectivity index (χ3n) is 4.30. The molecule has 5 nitrogen and oxygen atoms in total. The highest BCUT2D eigenvalue weighted by atomic mass is 15.2. The Hall–Kier alpha value is -2.01. The SMILES string of the molecule is CCN(C)c1ncnc2c1CCN(Cc1ccccn1)CC2. The lowest BCUT2D eigenvalue weighted by Crippen LogP contribution is -2.26. The molecule has 2 aromatic rings. The Morgan fingerprint density at radius 1 is 1.14 bits per heavy atom. The molecular weight excluding hydrogens is 274 g/mol. The number of hydrogen-bond acceptors (Lipinski definition) is 5. The van der Waals surface area contributed by atoms with E-state index in [0.29, 0.717) is 0 Å². The van der Waals surface area contributed by atoms with Crippen molar-refractivity contribution >= 4 is 5.82 Å². The first-order valence-electron chi connectivity index (χ1n) is 7.94. The van der Waals surface area contributed by atoms with Crippen molar-refractivity contribution < 1.29 is 0 Å². The van der Waals surface area contributed by atoms with Crippen molar-refractivity contribution in [2.45, 2.75) is 26.3 Å². The highest BCUT2D eigenvalue weighted by molar-refractivity contribution is 5.48. The van der Waals surface area contributed by atoms with Crippen molar-refractivity contribution in [2.75, 3.05) is 31.6 Å². The fourth-order valence-electron chi connectivity index (χ4n) is 2.91. The van der Waals surface area contributed by atoms with E-state index in [1.54, 1.807) is 6.33 Å². The Morgan fingerprint density at radius 2 is 2.00 bits per heavy atom. The van der Waals surface area contributed by atoms with Gasteiger partial charge in [0.25, 0.3) is 0 Å². The molecule has 1 aliphatic rings. The average molecular weight is 297 g/mol. The minimum atomic E-state index is 0.904. The van der Waals surface area contributed by atoms with Gasteiger partial charge in [-0.2, -0.15) is 0 Å². The molecule has 0 atom stereocenters. The van der Waals surface area contributed by atoms with Gasteiger partial charge in [0.15, 0.2) is 0 Å². The summed E-state index contributed by atoms with van der Waals surface area (Å²) < 4.78 is 0. The predicted octanol–water partition coefficient (Wildman–Crippen LogP) is 1.93. The van der Waals surface area contributed by atoms with E-state index in [0.717, 1.165) is 50.5 Å². The van der Waals surface area contributed by atoms with Crippen LogP contribution in [0.1, 0.15) is 23.9 Å². The minimum absolute atomic E-state index is 0.904. The summed E-state index contributed by atoms with van der Waals surface area (Å²) in [5, 5.41) is 0. The first-order chi connectivity index (χ1) is 10.8. The third-order valence-corrected chi connectivity index (χ3v) is 4.30. The fourth-order valence-corrected chi connectivity index (χ4v) is 2.91. The molecule has 5 heteroatoms. The Bertz CT molecular complexity index is 614. The zero-order chi connectivity index (χ0) is 15.4. The first-order valence-corrected chi connectivity index (χ1v) is 7.94. The molecule has 0 aromatic carbocycles. The lowest BCUT2D eigenvalue weighted by Gasteiger charge is -2.20. The van der Waals surface area contributed by atoms with E-state index >= 15 is 0 Å². The number of aromatic nitrogens is 3. The van der Waals surface area contributed by atoms with Crippen LogP contribution in [0.15, 0.2) is 30.7 Å². The molecule has 116 valence electrons. The van der Waals surface area contributed by atoms with Gasteiger partial charge in [-0.1, -0.05) is 6.07 Å². The number of nitrogens with zero attached hydrogens (tertiary/aromatic N) is 5. The van der Waals surface area contributed by atoms with Crippen LogP contribution in [-0.4, -0.2) is 46.5 Å². The molecule has 1 aliphatic heterocycles. The second kappa shape index (κ2) is 6.83. The van der Waals surface area contributed by atoms with Gasteiger partial charge in [0.05, 0.1) is 11.4 Å². The summed E-state index contributed by atoms with van der Waals surface area (Å²) in [4.78, 5) is 18.1. The number of rotatable bonds is 4. The maximum atomic E-state index is 4.52. The summed E-state index contributed by atoms with van der Waals surface area (Å²) in [6.07, 6.45) is 5.55. The molecule has 0 aliphatic carbocycles. The van der Waals surface area contributed by atoms with Crippen molar-refractivity contribution in [1.29, 1.82) is 0 Å². The zero-order valence-electron chi connectivity index (χ0n) is 13.4. The Labute approximate surface area is 132 Å². The topological polar surface area (TPSA) is 45.2 Å². The summed E-state index contributed by atoms with van der Waals surface area (Å²) in [7, 11) is 2.10. The molecule has 0 N–H and O–H groups in total. The summed E-state index contributed by atoms with van der Waals surface area (Å²) in [6, 6.07) is 6.10. The maximum Gasteiger partial charge on any atom is 0.135 e. The van der Waals surface area contributed by atoms with Crippen LogP contribution in [0.4, 0.5) is 5.82 Å². The van der Waals surface area contributed by atoms with Gasteiger partial charge in [-0.05, 0) is 25.5 Å². The standard InChI is InChI=1S/C17H23N5/c1-3-21(2)17-15-7-10-22(11-8-16(15)19-13-20-17)12-14-6-4-5-9-18-14/h4-6,9,13H,3,7-8,10-12H2,1-2H3. The van der Waals surface area contributed by atoms with Gasteiger partial charge >= 0.3 is 0 Å². The van der Waals surface area contributed by atoms with Crippen molar-refractivity contribution in [3.8, 4) is 0 Å². The summed E-state index contributed by atoms with van der Waals surface area (Å²) in [5.41, 5.74) is 3.65. The number of hydrogen-bond donors (Lipinski definition) is 0. The minimum Gasteiger partial charge on any atom is -0.360 e. The molecule has 0 saturated carbocycles. The highest BCUT2D eigenvalue weighted by Crippen LogP contribution is 2.23. The van der Waals surface area contributed by atoms with Gasteiger partial charge < -0.3 is 4.90 Å². The van der Waals surface area contributed by atoms with E-state index in [1.165, 1.54) is 11.3 Å². The van der Waals surface area contributed by atoms with Gasteiger partial charge in [-0.3, -0.25) is 9.88 Å². The van der Waals surface area contributed by atoms with Crippen LogP contribution < -0.4 is 4.90 Å². The van der Waals surface area contributed by atoms with Crippen molar-refractivity contribution in [2.24, 2.45) is 0 Å². The summed E-state index contributed by atoms with van der Waals surface area (Å²) in [6.45, 7) is 6.07.